The second-order valence-electron chi connectivity index (χ2n) is 6.36. The van der Waals surface area contributed by atoms with Crippen molar-refractivity contribution in [3.63, 3.8) is 0 Å². The van der Waals surface area contributed by atoms with Gasteiger partial charge in [0.25, 0.3) is 0 Å². The van der Waals surface area contributed by atoms with Crippen LogP contribution in [-0.4, -0.2) is 31.4 Å². The number of aryl methyl sites for hydroxylation is 1. The Hall–Kier alpha value is -2.58. The lowest BCUT2D eigenvalue weighted by atomic mass is 10.2. The summed E-state index contributed by atoms with van der Waals surface area (Å²) in [6, 6.07) is 11.3. The van der Waals surface area contributed by atoms with Gasteiger partial charge in [0.2, 0.25) is 5.91 Å². The van der Waals surface area contributed by atoms with Crippen LogP contribution in [0.5, 0.6) is 5.75 Å². The number of benzene rings is 1. The second-order valence-corrected chi connectivity index (χ2v) is 7.73. The van der Waals surface area contributed by atoms with Gasteiger partial charge >= 0.3 is 0 Å². The highest BCUT2D eigenvalue weighted by Gasteiger charge is 2.18. The lowest BCUT2D eigenvalue weighted by molar-refractivity contribution is -0.113. The third-order valence-corrected chi connectivity index (χ3v) is 5.45. The van der Waals surface area contributed by atoms with Crippen molar-refractivity contribution >= 4 is 35.1 Å². The Kier molecular flexibility index (Phi) is 7.11. The number of hydrogen-bond acceptors (Lipinski definition) is 6. The molecule has 1 N–H and O–H groups in total. The normalized spacial score (nSPS) is 11.9. The molecule has 0 saturated heterocycles. The molecule has 0 aliphatic carbocycles. The van der Waals surface area contributed by atoms with Gasteiger partial charge in [-0.05, 0) is 43.2 Å². The molecule has 1 atom stereocenters. The van der Waals surface area contributed by atoms with Crippen molar-refractivity contribution in [2.75, 3.05) is 11.1 Å². The molecule has 1 unspecified atom stereocenters. The fourth-order valence-corrected chi connectivity index (χ4v) is 3.46. The van der Waals surface area contributed by atoms with Gasteiger partial charge in [-0.1, -0.05) is 42.4 Å². The fourth-order valence-electron chi connectivity index (χ4n) is 2.63. The van der Waals surface area contributed by atoms with Gasteiger partial charge in [0, 0.05) is 13.2 Å². The number of pyridine rings is 1. The average Bonchev–Trinajstić information content (AvgIpc) is 3.09. The summed E-state index contributed by atoms with van der Waals surface area (Å²) in [7, 11) is 1.86. The van der Waals surface area contributed by atoms with Crippen molar-refractivity contribution in [1.29, 1.82) is 0 Å². The largest absolute Gasteiger partial charge is 0.483 e. The maximum Gasteiger partial charge on any atom is 0.236 e. The maximum atomic E-state index is 12.1. The number of amides is 1. The Morgan fingerprint density at radius 3 is 2.66 bits per heavy atom. The van der Waals surface area contributed by atoms with Crippen LogP contribution in [0, 0.1) is 0 Å². The zero-order valence-electron chi connectivity index (χ0n) is 16.4. The summed E-state index contributed by atoms with van der Waals surface area (Å²) in [4.78, 5) is 16.2. The first-order valence-corrected chi connectivity index (χ1v) is 10.5. The van der Waals surface area contributed by atoms with E-state index in [1.54, 1.807) is 12.1 Å². The van der Waals surface area contributed by atoms with E-state index in [-0.39, 0.29) is 17.8 Å². The van der Waals surface area contributed by atoms with Crippen LogP contribution in [0.2, 0.25) is 5.02 Å². The van der Waals surface area contributed by atoms with Gasteiger partial charge in [0.1, 0.15) is 11.6 Å². The lowest BCUT2D eigenvalue weighted by Crippen LogP contribution is -2.15. The smallest absolute Gasteiger partial charge is 0.236 e. The molecule has 2 aromatic heterocycles. The molecule has 152 valence electrons. The minimum Gasteiger partial charge on any atom is -0.483 e. The number of nitrogens with one attached hydrogen (secondary N) is 1. The van der Waals surface area contributed by atoms with Crippen LogP contribution in [0.4, 0.5) is 5.82 Å². The Balaban J connectivity index is 1.56. The molecule has 0 saturated carbocycles. The monoisotopic (exact) mass is 431 g/mol. The Morgan fingerprint density at radius 2 is 2.00 bits per heavy atom. The van der Waals surface area contributed by atoms with Crippen molar-refractivity contribution in [2.24, 2.45) is 7.05 Å². The number of rotatable bonds is 8. The van der Waals surface area contributed by atoms with Crippen molar-refractivity contribution in [3.05, 3.63) is 59.0 Å². The number of carbonyl (C=O) groups is 1. The van der Waals surface area contributed by atoms with Gasteiger partial charge in [0.05, 0.1) is 10.8 Å². The van der Waals surface area contributed by atoms with Crippen molar-refractivity contribution < 1.29 is 9.53 Å². The van der Waals surface area contributed by atoms with Crippen molar-refractivity contribution in [1.82, 2.24) is 19.7 Å². The van der Waals surface area contributed by atoms with E-state index >= 15 is 0 Å². The highest BCUT2D eigenvalue weighted by molar-refractivity contribution is 7.99. The van der Waals surface area contributed by atoms with Gasteiger partial charge < -0.3 is 14.6 Å². The molecule has 7 nitrogen and oxygen atoms in total. The second kappa shape index (κ2) is 9.76. The molecule has 1 amide bonds. The molecule has 9 heteroatoms. The number of nitrogens with zero attached hydrogens (tertiary/aromatic N) is 4. The number of halogens is 1. The first-order valence-electron chi connectivity index (χ1n) is 9.15. The van der Waals surface area contributed by atoms with E-state index in [4.69, 9.17) is 16.3 Å². The number of aromatic nitrogens is 4. The number of anilines is 1. The van der Waals surface area contributed by atoms with Crippen LogP contribution in [0.15, 0.2) is 47.8 Å². The summed E-state index contributed by atoms with van der Waals surface area (Å²) in [6.45, 7) is 4.04. The molecule has 0 fully saturated rings. The van der Waals surface area contributed by atoms with Gasteiger partial charge in [0.15, 0.2) is 17.1 Å². The standard InChI is InChI=1S/C20H22ClN5O2S/c1-4-14-5-8-16(9-6-14)28-13(2)19-24-25-20(26(19)3)29-12-18(27)23-17-10-7-15(21)11-22-17/h5-11,13H,4,12H2,1-3H3,(H,22,23,27). The zero-order chi connectivity index (χ0) is 20.8. The van der Waals surface area contributed by atoms with Gasteiger partial charge in [-0.15, -0.1) is 10.2 Å². The van der Waals surface area contributed by atoms with Gasteiger partial charge in [-0.2, -0.15) is 0 Å². The lowest BCUT2D eigenvalue weighted by Gasteiger charge is -2.14. The van der Waals surface area contributed by atoms with E-state index in [2.05, 4.69) is 27.4 Å². The Bertz CT molecular complexity index is 960. The highest BCUT2D eigenvalue weighted by Crippen LogP contribution is 2.24. The van der Waals surface area contributed by atoms with Crippen LogP contribution in [0.25, 0.3) is 0 Å². The average molecular weight is 432 g/mol. The molecule has 1 aromatic carbocycles. The minimum absolute atomic E-state index is 0.185. The van der Waals surface area contributed by atoms with Crippen molar-refractivity contribution in [2.45, 2.75) is 31.5 Å². The molecule has 0 bridgehead atoms. The number of thioether (sulfide) groups is 1. The first kappa shape index (κ1) is 21.1. The highest BCUT2D eigenvalue weighted by atomic mass is 35.5. The summed E-state index contributed by atoms with van der Waals surface area (Å²) in [5, 5.41) is 12.3. The van der Waals surface area contributed by atoms with E-state index in [1.807, 2.05) is 42.8 Å². The fraction of sp³-hybridized carbons (Fsp3) is 0.300. The van der Waals surface area contributed by atoms with Gasteiger partial charge in [-0.3, -0.25) is 4.79 Å². The van der Waals surface area contributed by atoms with E-state index in [0.29, 0.717) is 21.8 Å². The Labute approximate surface area is 178 Å². The molecule has 0 spiro atoms. The molecule has 0 aliphatic heterocycles. The SMILES string of the molecule is CCc1ccc(OC(C)c2nnc(SCC(=O)Nc3ccc(Cl)cn3)n2C)cc1. The molecular weight excluding hydrogens is 410 g/mol. The van der Waals surface area contributed by atoms with E-state index in [9.17, 15) is 4.79 Å². The molecular formula is C20H22ClN5O2S. The predicted octanol–water partition coefficient (Wildman–Crippen LogP) is 4.30. The Morgan fingerprint density at radius 1 is 1.24 bits per heavy atom. The predicted molar refractivity (Wildman–Crippen MR) is 114 cm³/mol. The topological polar surface area (TPSA) is 81.9 Å². The summed E-state index contributed by atoms with van der Waals surface area (Å²) in [6.07, 6.45) is 2.19. The number of ether oxygens (including phenoxy) is 1. The van der Waals surface area contributed by atoms with E-state index in [1.165, 1.54) is 23.5 Å². The van der Waals surface area contributed by atoms with E-state index in [0.717, 1.165) is 12.2 Å². The first-order chi connectivity index (χ1) is 14.0. The summed E-state index contributed by atoms with van der Waals surface area (Å²) >= 11 is 7.09. The van der Waals surface area contributed by atoms with E-state index < -0.39 is 0 Å². The van der Waals surface area contributed by atoms with Crippen molar-refractivity contribution in [3.8, 4) is 5.75 Å². The number of carbonyl (C=O) groups excluding carboxylic acids is 1. The van der Waals surface area contributed by atoms with Crippen LogP contribution in [0.1, 0.15) is 31.3 Å². The third kappa shape index (κ3) is 5.71. The minimum atomic E-state index is -0.276. The molecule has 3 rings (SSSR count). The molecule has 2 heterocycles. The quantitative estimate of drug-likeness (QED) is 0.535. The maximum absolute atomic E-state index is 12.1. The third-order valence-electron chi connectivity index (χ3n) is 4.20. The number of hydrogen-bond donors (Lipinski definition) is 1. The molecule has 0 aliphatic rings. The summed E-state index contributed by atoms with van der Waals surface area (Å²) in [5.74, 6) is 1.92. The van der Waals surface area contributed by atoms with Gasteiger partial charge in [-0.25, -0.2) is 4.98 Å². The summed E-state index contributed by atoms with van der Waals surface area (Å²) < 4.78 is 7.81. The van der Waals surface area contributed by atoms with Crippen LogP contribution < -0.4 is 10.1 Å². The molecule has 0 radical (unpaired) electrons. The molecule has 29 heavy (non-hydrogen) atoms. The molecule has 3 aromatic rings. The zero-order valence-corrected chi connectivity index (χ0v) is 18.0. The van der Waals surface area contributed by atoms with Crippen LogP contribution in [-0.2, 0) is 18.3 Å². The van der Waals surface area contributed by atoms with Crippen LogP contribution in [0.3, 0.4) is 0 Å². The van der Waals surface area contributed by atoms with Crippen LogP contribution >= 0.6 is 23.4 Å². The summed E-state index contributed by atoms with van der Waals surface area (Å²) in [5.41, 5.74) is 1.26.